The molecular formula is C55H100O6. The standard InChI is InChI=1S/C55H100O6/c1-4-7-10-13-16-19-22-24-26-27-28-30-31-33-36-39-42-45-48-54(57)60-51-52(50-59-53(56)47-44-41-38-35-21-18-15-12-9-6-3)61-55(58)49-46-43-40-37-34-32-29-25-23-20-17-14-11-8-5-2/h15,17-18,20,23,25,52H,4-14,16,19,21-22,24,26-51H2,1-3H3/b18-15-,20-17-,25-23-. The third-order valence-corrected chi connectivity index (χ3v) is 11.6. The molecule has 0 heterocycles. The van der Waals surface area contributed by atoms with E-state index in [1.807, 2.05) is 0 Å². The summed E-state index contributed by atoms with van der Waals surface area (Å²) in [5, 5.41) is 0. The van der Waals surface area contributed by atoms with Gasteiger partial charge in [-0.05, 0) is 64.2 Å². The number of unbranched alkanes of at least 4 members (excludes halogenated alkanes) is 32. The number of rotatable bonds is 48. The Kier molecular flexibility index (Phi) is 48.3. The van der Waals surface area contributed by atoms with E-state index >= 15 is 0 Å². The molecule has 1 unspecified atom stereocenters. The smallest absolute Gasteiger partial charge is 0.306 e. The van der Waals surface area contributed by atoms with Crippen LogP contribution in [0.2, 0.25) is 0 Å². The molecule has 0 aliphatic rings. The van der Waals surface area contributed by atoms with Crippen LogP contribution in [-0.4, -0.2) is 37.2 Å². The van der Waals surface area contributed by atoms with E-state index < -0.39 is 6.10 Å². The topological polar surface area (TPSA) is 78.9 Å². The average molecular weight is 857 g/mol. The fourth-order valence-corrected chi connectivity index (χ4v) is 7.59. The molecule has 1 atom stereocenters. The van der Waals surface area contributed by atoms with Crippen molar-refractivity contribution >= 4 is 17.9 Å². The molecule has 6 nitrogen and oxygen atoms in total. The lowest BCUT2D eigenvalue weighted by atomic mass is 10.0. The highest BCUT2D eigenvalue weighted by Gasteiger charge is 2.19. The minimum Gasteiger partial charge on any atom is -0.462 e. The van der Waals surface area contributed by atoms with Crippen LogP contribution in [0.5, 0.6) is 0 Å². The molecule has 0 amide bonds. The highest BCUT2D eigenvalue weighted by atomic mass is 16.6. The Morgan fingerprint density at radius 1 is 0.328 bits per heavy atom. The SMILES string of the molecule is CCCC/C=C\CCCCCCC(=O)OCC(COC(=O)CCCCCCCCCCCCCCCCCCCC)OC(=O)CCCCCCCC/C=C\C=C/CCCCC. The quantitative estimate of drug-likeness (QED) is 0.0199. The van der Waals surface area contributed by atoms with Gasteiger partial charge in [-0.1, -0.05) is 231 Å². The molecule has 0 bridgehead atoms. The van der Waals surface area contributed by atoms with Crippen molar-refractivity contribution in [3.8, 4) is 0 Å². The number of hydrogen-bond acceptors (Lipinski definition) is 6. The second-order valence-corrected chi connectivity index (χ2v) is 17.8. The lowest BCUT2D eigenvalue weighted by molar-refractivity contribution is -0.167. The molecule has 0 aromatic rings. The highest BCUT2D eigenvalue weighted by molar-refractivity contribution is 5.71. The Bertz CT molecular complexity index is 1030. The maximum atomic E-state index is 12.8. The summed E-state index contributed by atoms with van der Waals surface area (Å²) in [4.78, 5) is 37.9. The normalized spacial score (nSPS) is 12.2. The van der Waals surface area contributed by atoms with Crippen LogP contribution in [0.15, 0.2) is 36.5 Å². The molecule has 0 fully saturated rings. The molecule has 356 valence electrons. The lowest BCUT2D eigenvalue weighted by Crippen LogP contribution is -2.30. The number of allylic oxidation sites excluding steroid dienone is 6. The van der Waals surface area contributed by atoms with Gasteiger partial charge in [0.25, 0.3) is 0 Å². The van der Waals surface area contributed by atoms with Crippen molar-refractivity contribution in [1.29, 1.82) is 0 Å². The van der Waals surface area contributed by atoms with E-state index in [4.69, 9.17) is 14.2 Å². The number of hydrogen-bond donors (Lipinski definition) is 0. The third-order valence-electron chi connectivity index (χ3n) is 11.6. The zero-order chi connectivity index (χ0) is 44.4. The average Bonchev–Trinajstić information content (AvgIpc) is 3.26. The van der Waals surface area contributed by atoms with Gasteiger partial charge in [0.15, 0.2) is 6.10 Å². The predicted octanol–water partition coefficient (Wildman–Crippen LogP) is 17.3. The molecule has 6 heteroatoms. The van der Waals surface area contributed by atoms with Crippen LogP contribution in [0, 0.1) is 0 Å². The monoisotopic (exact) mass is 857 g/mol. The highest BCUT2D eigenvalue weighted by Crippen LogP contribution is 2.16. The zero-order valence-electron chi connectivity index (χ0n) is 40.7. The van der Waals surface area contributed by atoms with Crippen LogP contribution in [0.4, 0.5) is 0 Å². The molecule has 0 rings (SSSR count). The number of carbonyl (C=O) groups is 3. The van der Waals surface area contributed by atoms with Gasteiger partial charge in [0.05, 0.1) is 0 Å². The van der Waals surface area contributed by atoms with E-state index in [1.165, 1.54) is 154 Å². The molecule has 0 N–H and O–H groups in total. The van der Waals surface area contributed by atoms with Crippen molar-refractivity contribution in [1.82, 2.24) is 0 Å². The van der Waals surface area contributed by atoms with E-state index in [-0.39, 0.29) is 31.1 Å². The van der Waals surface area contributed by atoms with Gasteiger partial charge in [0, 0.05) is 19.3 Å². The van der Waals surface area contributed by atoms with E-state index in [2.05, 4.69) is 57.2 Å². The van der Waals surface area contributed by atoms with E-state index in [9.17, 15) is 14.4 Å². The van der Waals surface area contributed by atoms with Crippen LogP contribution >= 0.6 is 0 Å². The van der Waals surface area contributed by atoms with Gasteiger partial charge in [-0.3, -0.25) is 14.4 Å². The first-order chi connectivity index (χ1) is 30.0. The molecule has 0 aromatic carbocycles. The van der Waals surface area contributed by atoms with Crippen LogP contribution in [0.3, 0.4) is 0 Å². The first-order valence-corrected chi connectivity index (χ1v) is 26.5. The van der Waals surface area contributed by atoms with Crippen molar-refractivity contribution in [2.45, 2.75) is 284 Å². The number of esters is 3. The van der Waals surface area contributed by atoms with Crippen molar-refractivity contribution < 1.29 is 28.6 Å². The maximum Gasteiger partial charge on any atom is 0.306 e. The predicted molar refractivity (Wildman–Crippen MR) is 261 cm³/mol. The summed E-state index contributed by atoms with van der Waals surface area (Å²) >= 11 is 0. The second-order valence-electron chi connectivity index (χ2n) is 17.8. The van der Waals surface area contributed by atoms with Crippen LogP contribution in [0.25, 0.3) is 0 Å². The minimum absolute atomic E-state index is 0.0776. The first-order valence-electron chi connectivity index (χ1n) is 26.5. The molecule has 0 aliphatic heterocycles. The Labute approximate surface area is 378 Å². The van der Waals surface area contributed by atoms with Crippen molar-refractivity contribution in [3.05, 3.63) is 36.5 Å². The zero-order valence-corrected chi connectivity index (χ0v) is 40.7. The molecule has 61 heavy (non-hydrogen) atoms. The van der Waals surface area contributed by atoms with Crippen molar-refractivity contribution in [2.75, 3.05) is 13.2 Å². The molecule has 0 aromatic heterocycles. The molecule has 0 spiro atoms. The van der Waals surface area contributed by atoms with Crippen LogP contribution in [0.1, 0.15) is 278 Å². The summed E-state index contributed by atoms with van der Waals surface area (Å²) in [7, 11) is 0. The summed E-state index contributed by atoms with van der Waals surface area (Å²) in [5.74, 6) is -0.893. The summed E-state index contributed by atoms with van der Waals surface area (Å²) in [6.45, 7) is 6.57. The first kappa shape index (κ1) is 58.6. The van der Waals surface area contributed by atoms with Gasteiger partial charge >= 0.3 is 17.9 Å². The van der Waals surface area contributed by atoms with Gasteiger partial charge in [-0.15, -0.1) is 0 Å². The largest absolute Gasteiger partial charge is 0.462 e. The lowest BCUT2D eigenvalue weighted by Gasteiger charge is -2.18. The second kappa shape index (κ2) is 50.3. The van der Waals surface area contributed by atoms with Crippen molar-refractivity contribution in [2.24, 2.45) is 0 Å². The van der Waals surface area contributed by atoms with Crippen molar-refractivity contribution in [3.63, 3.8) is 0 Å². The number of ether oxygens (including phenoxy) is 3. The van der Waals surface area contributed by atoms with Crippen LogP contribution < -0.4 is 0 Å². The summed E-state index contributed by atoms with van der Waals surface area (Å²) in [5.41, 5.74) is 0. The van der Waals surface area contributed by atoms with Gasteiger partial charge in [0.1, 0.15) is 13.2 Å². The Morgan fingerprint density at radius 2 is 0.607 bits per heavy atom. The number of carbonyl (C=O) groups excluding carboxylic acids is 3. The molecule has 0 radical (unpaired) electrons. The molecule has 0 saturated carbocycles. The molecule has 0 aliphatic carbocycles. The summed E-state index contributed by atoms with van der Waals surface area (Å²) in [6.07, 6.45) is 58.5. The fourth-order valence-electron chi connectivity index (χ4n) is 7.59. The summed E-state index contributed by atoms with van der Waals surface area (Å²) < 4.78 is 16.8. The Morgan fingerprint density at radius 3 is 1.00 bits per heavy atom. The van der Waals surface area contributed by atoms with Crippen LogP contribution in [-0.2, 0) is 28.6 Å². The van der Waals surface area contributed by atoms with E-state index in [0.29, 0.717) is 19.3 Å². The van der Waals surface area contributed by atoms with Gasteiger partial charge in [-0.25, -0.2) is 0 Å². The van der Waals surface area contributed by atoms with Gasteiger partial charge in [-0.2, -0.15) is 0 Å². The van der Waals surface area contributed by atoms with Gasteiger partial charge in [0.2, 0.25) is 0 Å². The fraction of sp³-hybridized carbons (Fsp3) is 0.836. The van der Waals surface area contributed by atoms with E-state index in [0.717, 1.165) is 83.5 Å². The molecule has 0 saturated heterocycles. The Hall–Kier alpha value is -2.37. The third kappa shape index (κ3) is 48.5. The minimum atomic E-state index is -0.778. The maximum absolute atomic E-state index is 12.8. The Balaban J connectivity index is 4.31. The summed E-state index contributed by atoms with van der Waals surface area (Å²) in [6, 6.07) is 0. The molecular weight excluding hydrogens is 757 g/mol. The van der Waals surface area contributed by atoms with Gasteiger partial charge < -0.3 is 14.2 Å². The van der Waals surface area contributed by atoms with E-state index in [1.54, 1.807) is 0 Å².